The van der Waals surface area contributed by atoms with Crippen molar-refractivity contribution in [2.24, 2.45) is 11.8 Å². The zero-order valence-electron chi connectivity index (χ0n) is 27.7. The quantitative estimate of drug-likeness (QED) is 0.326. The van der Waals surface area contributed by atoms with Gasteiger partial charge in [-0.1, -0.05) is 88.7 Å². The van der Waals surface area contributed by atoms with Crippen LogP contribution in [0.3, 0.4) is 0 Å². The van der Waals surface area contributed by atoms with Crippen LogP contribution in [-0.2, 0) is 33.4 Å². The minimum absolute atomic E-state index is 0.0534. The van der Waals surface area contributed by atoms with E-state index in [0.29, 0.717) is 22.0 Å². The lowest BCUT2D eigenvalue weighted by molar-refractivity contribution is -0.163. The van der Waals surface area contributed by atoms with Crippen LogP contribution < -0.4 is 5.32 Å². The molecule has 2 N–H and O–H groups in total. The lowest BCUT2D eigenvalue weighted by Crippen LogP contribution is -2.58. The zero-order valence-corrected chi connectivity index (χ0v) is 29.3. The smallest absolute Gasteiger partial charge is 0.313 e. The average molecular weight is 737 g/mol. The Labute approximate surface area is 294 Å². The average Bonchev–Trinajstić information content (AvgIpc) is 3.69. The van der Waals surface area contributed by atoms with Gasteiger partial charge in [-0.15, -0.1) is 0 Å². The van der Waals surface area contributed by atoms with Crippen LogP contribution >= 0.6 is 15.9 Å². The molecule has 2 saturated heterocycles. The molecule has 0 saturated carbocycles. The van der Waals surface area contributed by atoms with Crippen LogP contribution in [0.25, 0.3) is 0 Å². The molecule has 2 aromatic rings. The van der Waals surface area contributed by atoms with Gasteiger partial charge in [0.25, 0.3) is 0 Å². The predicted molar refractivity (Wildman–Crippen MR) is 183 cm³/mol. The van der Waals surface area contributed by atoms with Crippen molar-refractivity contribution < 1.29 is 38.5 Å². The molecule has 3 amide bonds. The molecule has 1 spiro atoms. The molecule has 12 heteroatoms. The van der Waals surface area contributed by atoms with E-state index in [-0.39, 0.29) is 37.4 Å². The molecule has 11 nitrogen and oxygen atoms in total. The maximum absolute atomic E-state index is 14.9. The largest absolute Gasteiger partial charge is 0.455 e. The van der Waals surface area contributed by atoms with Crippen molar-refractivity contribution in [2.45, 2.75) is 68.7 Å². The molecule has 2 fully saturated rings. The van der Waals surface area contributed by atoms with Crippen LogP contribution in [0, 0.1) is 11.8 Å². The molecule has 49 heavy (non-hydrogen) atoms. The van der Waals surface area contributed by atoms with Crippen LogP contribution in [0.15, 0.2) is 83.4 Å². The van der Waals surface area contributed by atoms with E-state index in [1.807, 2.05) is 50.3 Å². The topological polar surface area (TPSA) is 135 Å². The number of fused-ring (bicyclic) bond motifs is 2. The number of nitrogens with zero attached hydrogens (tertiary/aromatic N) is 2. The van der Waals surface area contributed by atoms with Gasteiger partial charge >= 0.3 is 5.97 Å². The van der Waals surface area contributed by atoms with E-state index in [0.717, 1.165) is 0 Å². The van der Waals surface area contributed by atoms with Crippen molar-refractivity contribution in [2.75, 3.05) is 26.9 Å². The van der Waals surface area contributed by atoms with Crippen LogP contribution in [-0.4, -0.2) is 95.3 Å². The number of hydrogen-bond acceptors (Lipinski definition) is 8. The van der Waals surface area contributed by atoms with E-state index in [1.165, 1.54) is 12.0 Å². The Morgan fingerprint density at radius 1 is 1.00 bits per heavy atom. The number of aliphatic hydroxyl groups is 1. The second-order valence-corrected chi connectivity index (χ2v) is 14.1. The Kier molecular flexibility index (Phi) is 10.4. The zero-order chi connectivity index (χ0) is 34.9. The second-order valence-electron chi connectivity index (χ2n) is 13.2. The highest BCUT2D eigenvalue weighted by Gasteiger charge is 2.75. The molecule has 260 valence electrons. The van der Waals surface area contributed by atoms with E-state index >= 15 is 0 Å². The van der Waals surface area contributed by atoms with E-state index in [1.54, 1.807) is 47.4 Å². The van der Waals surface area contributed by atoms with E-state index in [2.05, 4.69) is 21.2 Å². The van der Waals surface area contributed by atoms with E-state index < -0.39 is 66.3 Å². The number of amides is 3. The van der Waals surface area contributed by atoms with Gasteiger partial charge < -0.3 is 34.4 Å². The first-order valence-corrected chi connectivity index (χ1v) is 17.5. The van der Waals surface area contributed by atoms with Gasteiger partial charge in [-0.05, 0) is 37.5 Å². The number of nitrogens with one attached hydrogen (secondary N) is 1. The van der Waals surface area contributed by atoms with Gasteiger partial charge in [0.2, 0.25) is 17.7 Å². The number of cyclic esters (lactones) is 1. The molecule has 0 aromatic heterocycles. The van der Waals surface area contributed by atoms with Crippen LogP contribution in [0.1, 0.15) is 50.0 Å². The van der Waals surface area contributed by atoms with Gasteiger partial charge in [0.15, 0.2) is 0 Å². The monoisotopic (exact) mass is 735 g/mol. The van der Waals surface area contributed by atoms with E-state index in [9.17, 15) is 24.3 Å². The Bertz CT molecular complexity index is 1620. The van der Waals surface area contributed by atoms with Crippen molar-refractivity contribution in [1.29, 1.82) is 0 Å². The number of ether oxygens (including phenoxy) is 3. The molecule has 4 aliphatic heterocycles. The molecular formula is C37H42BrN3O8. The highest BCUT2D eigenvalue weighted by molar-refractivity contribution is 9.11. The summed E-state index contributed by atoms with van der Waals surface area (Å²) in [5.74, 6) is -4.07. The molecule has 4 heterocycles. The Balaban J connectivity index is 1.50. The lowest BCUT2D eigenvalue weighted by Gasteiger charge is -2.40. The standard InChI is InChI=1S/C37H42BrN3O8/c1-22(2)40-18-12-6-11-17-28(43)39-26(21-47-3)31(24-15-9-5-10-16-24)48-36(46)29-30-34(44)41(27(20-42)23-13-7-4-8-14-23)33(35(40)45)37(30)19-25(38)32(29)49-37/h4-10,12-16,19,22,26-27,29-33,42H,11,17-18,20-21H2,1-3H3,(H,39,43)/b12-6-/t26-,27+,29+,30-,31-,32+,33+,37-/m0/s1. The fourth-order valence-electron chi connectivity index (χ4n) is 7.70. The molecule has 5 bridgehead atoms. The third kappa shape index (κ3) is 6.35. The highest BCUT2D eigenvalue weighted by atomic mass is 79.9. The minimum atomic E-state index is -1.52. The lowest BCUT2D eigenvalue weighted by atomic mass is 9.74. The maximum Gasteiger partial charge on any atom is 0.313 e. The first-order chi connectivity index (χ1) is 23.6. The molecule has 6 rings (SSSR count). The minimum Gasteiger partial charge on any atom is -0.455 e. The van der Waals surface area contributed by atoms with Crippen molar-refractivity contribution in [3.8, 4) is 0 Å². The summed E-state index contributed by atoms with van der Waals surface area (Å²) in [5.41, 5.74) is -0.241. The fraction of sp³-hybridized carbons (Fsp3) is 0.459. The highest BCUT2D eigenvalue weighted by Crippen LogP contribution is 2.60. The summed E-state index contributed by atoms with van der Waals surface area (Å²) in [6, 6.07) is 15.0. The number of hydrogen-bond donors (Lipinski definition) is 2. The van der Waals surface area contributed by atoms with Gasteiger partial charge in [0.1, 0.15) is 29.8 Å². The number of benzene rings is 2. The molecule has 0 radical (unpaired) electrons. The molecular weight excluding hydrogens is 694 g/mol. The molecule has 2 aromatic carbocycles. The third-order valence-electron chi connectivity index (χ3n) is 9.91. The maximum atomic E-state index is 14.9. The summed E-state index contributed by atoms with van der Waals surface area (Å²) in [6.07, 6.45) is 4.17. The van der Waals surface area contributed by atoms with Gasteiger partial charge in [-0.25, -0.2) is 0 Å². The summed E-state index contributed by atoms with van der Waals surface area (Å²) < 4.78 is 19.0. The van der Waals surface area contributed by atoms with Crippen molar-refractivity contribution >= 4 is 39.6 Å². The number of aliphatic hydroxyl groups excluding tert-OH is 1. The number of likely N-dealkylation sites (tertiary alicyclic amines) is 1. The Morgan fingerprint density at radius 3 is 2.35 bits per heavy atom. The summed E-state index contributed by atoms with van der Waals surface area (Å²) >= 11 is 3.60. The number of rotatable bonds is 7. The number of methoxy groups -OCH3 is 1. The summed E-state index contributed by atoms with van der Waals surface area (Å²) in [6.45, 7) is 3.59. The summed E-state index contributed by atoms with van der Waals surface area (Å²) in [4.78, 5) is 60.5. The normalized spacial score (nSPS) is 31.8. The molecule has 8 atom stereocenters. The van der Waals surface area contributed by atoms with E-state index in [4.69, 9.17) is 14.2 Å². The number of halogens is 1. The van der Waals surface area contributed by atoms with Crippen LogP contribution in [0.5, 0.6) is 0 Å². The van der Waals surface area contributed by atoms with Crippen LogP contribution in [0.2, 0.25) is 0 Å². The molecule has 0 unspecified atom stereocenters. The van der Waals surface area contributed by atoms with Gasteiger partial charge in [-0.3, -0.25) is 19.2 Å². The van der Waals surface area contributed by atoms with Gasteiger partial charge in [0.05, 0.1) is 31.2 Å². The fourth-order valence-corrected chi connectivity index (χ4v) is 8.43. The summed E-state index contributed by atoms with van der Waals surface area (Å²) in [7, 11) is 1.50. The van der Waals surface area contributed by atoms with Gasteiger partial charge in [0, 0.05) is 30.6 Å². The number of esters is 1. The van der Waals surface area contributed by atoms with Crippen LogP contribution in [0.4, 0.5) is 0 Å². The second kappa shape index (κ2) is 14.6. The molecule has 4 aliphatic rings. The Hall–Kier alpha value is -3.84. The first-order valence-electron chi connectivity index (χ1n) is 16.7. The molecule has 0 aliphatic carbocycles. The Morgan fingerprint density at radius 2 is 1.69 bits per heavy atom. The van der Waals surface area contributed by atoms with Crippen molar-refractivity contribution in [3.05, 3.63) is 94.5 Å². The van der Waals surface area contributed by atoms with Crippen molar-refractivity contribution in [1.82, 2.24) is 15.1 Å². The third-order valence-corrected chi connectivity index (χ3v) is 10.6. The summed E-state index contributed by atoms with van der Waals surface area (Å²) in [5, 5.41) is 13.8. The number of carbonyl (C=O) groups is 4. The van der Waals surface area contributed by atoms with Crippen molar-refractivity contribution in [3.63, 3.8) is 0 Å². The predicted octanol–water partition coefficient (Wildman–Crippen LogP) is 3.60. The SMILES string of the molecule is COC[C@@H]1NC(=O)CC/C=C\CN(C(C)C)C(=O)[C@H]2N([C@H](CO)c3ccccc3)C(=O)[C@@H]3[C@@H](C(=O)O[C@H]1c1ccccc1)[C@@H]1O[C@@]32C=C1Br. The first kappa shape index (κ1) is 35.0. The van der Waals surface area contributed by atoms with Gasteiger partial charge in [-0.2, -0.15) is 0 Å². The number of carbonyl (C=O) groups excluding carboxylic acids is 4. The number of allylic oxidation sites excluding steroid dienone is 1.